The van der Waals surface area contributed by atoms with Crippen molar-refractivity contribution in [1.82, 2.24) is 19.4 Å². The molecule has 2 aromatic heterocycles. The molecule has 5 rings (SSSR count). The Morgan fingerprint density at radius 1 is 1.10 bits per heavy atom. The van der Waals surface area contributed by atoms with E-state index < -0.39 is 0 Å². The number of hydrogen-bond donors (Lipinski definition) is 0. The number of carbonyl (C=O) groups excluding carboxylic acids is 2. The predicted molar refractivity (Wildman–Crippen MR) is 117 cm³/mol. The summed E-state index contributed by atoms with van der Waals surface area (Å²) in [5.74, 6) is 0.824. The highest BCUT2D eigenvalue weighted by Gasteiger charge is 2.42. The smallest absolute Gasteiger partial charge is 0.273 e. The van der Waals surface area contributed by atoms with E-state index in [1.54, 1.807) is 30.3 Å². The maximum absolute atomic E-state index is 13.3. The van der Waals surface area contributed by atoms with Crippen LogP contribution in [0.1, 0.15) is 39.4 Å². The lowest BCUT2D eigenvalue weighted by Crippen LogP contribution is -2.42. The molecule has 3 aromatic rings. The number of aromatic nitrogens is 2. The molecule has 0 unspecified atom stereocenters. The van der Waals surface area contributed by atoms with E-state index in [0.29, 0.717) is 18.7 Å². The number of hydrogen-bond acceptors (Lipinski definition) is 4. The molecule has 7 heteroatoms. The molecule has 1 fully saturated rings. The molecule has 6 nitrogen and oxygen atoms in total. The number of imidazole rings is 1. The Labute approximate surface area is 179 Å². The van der Waals surface area contributed by atoms with Gasteiger partial charge in [-0.1, -0.05) is 30.3 Å². The van der Waals surface area contributed by atoms with Crippen LogP contribution in [-0.2, 0) is 13.0 Å². The first-order valence-corrected chi connectivity index (χ1v) is 11.2. The van der Waals surface area contributed by atoms with Gasteiger partial charge in [0.25, 0.3) is 11.8 Å². The van der Waals surface area contributed by atoms with Gasteiger partial charge in [-0.3, -0.25) is 9.59 Å². The molecule has 1 aromatic carbocycles. The highest BCUT2D eigenvalue weighted by Crippen LogP contribution is 2.36. The largest absolute Gasteiger partial charge is 0.343 e. The molecule has 0 aliphatic carbocycles. The predicted octanol–water partition coefficient (Wildman–Crippen LogP) is 3.54. The summed E-state index contributed by atoms with van der Waals surface area (Å²) in [7, 11) is 3.51. The van der Waals surface area contributed by atoms with Gasteiger partial charge in [-0.2, -0.15) is 11.3 Å². The van der Waals surface area contributed by atoms with E-state index in [0.717, 1.165) is 35.5 Å². The first kappa shape index (κ1) is 19.1. The van der Waals surface area contributed by atoms with E-state index in [9.17, 15) is 9.59 Å². The minimum Gasteiger partial charge on any atom is -0.343 e. The van der Waals surface area contributed by atoms with Crippen molar-refractivity contribution in [2.45, 2.75) is 37.9 Å². The fourth-order valence-corrected chi connectivity index (χ4v) is 5.35. The van der Waals surface area contributed by atoms with Gasteiger partial charge >= 0.3 is 0 Å². The van der Waals surface area contributed by atoms with Gasteiger partial charge in [-0.25, -0.2) is 4.98 Å². The van der Waals surface area contributed by atoms with E-state index in [4.69, 9.17) is 4.98 Å². The maximum atomic E-state index is 13.3. The normalized spacial score (nSPS) is 20.0. The number of nitrogens with zero attached hydrogens (tertiary/aromatic N) is 4. The van der Waals surface area contributed by atoms with E-state index >= 15 is 0 Å². The zero-order valence-electron chi connectivity index (χ0n) is 17.1. The summed E-state index contributed by atoms with van der Waals surface area (Å²) < 4.78 is 2.18. The third kappa shape index (κ3) is 3.04. The van der Waals surface area contributed by atoms with Crippen molar-refractivity contribution in [2.75, 3.05) is 14.1 Å². The molecule has 1 saturated heterocycles. The zero-order valence-corrected chi connectivity index (χ0v) is 17.9. The molecule has 0 radical (unpaired) electrons. The quantitative estimate of drug-likeness (QED) is 0.651. The molecule has 0 saturated carbocycles. The topological polar surface area (TPSA) is 58.4 Å². The van der Waals surface area contributed by atoms with Crippen LogP contribution >= 0.6 is 11.3 Å². The maximum Gasteiger partial charge on any atom is 0.273 e. The summed E-state index contributed by atoms with van der Waals surface area (Å²) in [5.41, 5.74) is 3.21. The van der Waals surface area contributed by atoms with Crippen LogP contribution in [0.3, 0.4) is 0 Å². The van der Waals surface area contributed by atoms with Crippen molar-refractivity contribution in [1.29, 1.82) is 0 Å². The van der Waals surface area contributed by atoms with Crippen LogP contribution < -0.4 is 0 Å². The minimum atomic E-state index is -0.0885. The third-order valence-corrected chi connectivity index (χ3v) is 6.84. The SMILES string of the molecule is CN(C)C(=O)c1nc(-c2ccccc2)n2c1C[C@@H]1CC[C@H](C2)N1C(=O)c1ccsc1. The Bertz CT molecular complexity index is 1090. The van der Waals surface area contributed by atoms with Crippen molar-refractivity contribution >= 4 is 23.2 Å². The lowest BCUT2D eigenvalue weighted by atomic mass is 10.0. The Kier molecular flexibility index (Phi) is 4.70. The van der Waals surface area contributed by atoms with Crippen molar-refractivity contribution in [3.8, 4) is 11.4 Å². The average molecular weight is 421 g/mol. The number of rotatable bonds is 3. The lowest BCUT2D eigenvalue weighted by Gasteiger charge is -2.28. The molecule has 0 N–H and O–H groups in total. The van der Waals surface area contributed by atoms with Crippen molar-refractivity contribution in [2.24, 2.45) is 0 Å². The fourth-order valence-electron chi connectivity index (χ4n) is 4.72. The molecule has 2 aliphatic rings. The van der Waals surface area contributed by atoms with E-state index in [1.807, 2.05) is 47.2 Å². The summed E-state index contributed by atoms with van der Waals surface area (Å²) in [5, 5.41) is 3.87. The summed E-state index contributed by atoms with van der Waals surface area (Å²) in [6.07, 6.45) is 2.59. The Morgan fingerprint density at radius 3 is 2.57 bits per heavy atom. The molecule has 2 aliphatic heterocycles. The van der Waals surface area contributed by atoms with E-state index in [2.05, 4.69) is 9.47 Å². The van der Waals surface area contributed by atoms with Gasteiger partial charge in [-0.05, 0) is 24.3 Å². The monoisotopic (exact) mass is 420 g/mol. The van der Waals surface area contributed by atoms with Crippen molar-refractivity contribution < 1.29 is 9.59 Å². The van der Waals surface area contributed by atoms with Crippen molar-refractivity contribution in [3.05, 3.63) is 64.1 Å². The highest BCUT2D eigenvalue weighted by molar-refractivity contribution is 7.08. The number of amides is 2. The van der Waals surface area contributed by atoms with Gasteiger partial charge in [0.05, 0.1) is 17.3 Å². The molecular weight excluding hydrogens is 396 g/mol. The van der Waals surface area contributed by atoms with Crippen LogP contribution in [0.4, 0.5) is 0 Å². The summed E-state index contributed by atoms with van der Waals surface area (Å²) >= 11 is 1.55. The second kappa shape index (κ2) is 7.40. The molecule has 30 heavy (non-hydrogen) atoms. The molecule has 154 valence electrons. The van der Waals surface area contributed by atoms with Crippen LogP contribution in [0.5, 0.6) is 0 Å². The van der Waals surface area contributed by atoms with Gasteiger partial charge in [-0.15, -0.1) is 0 Å². The molecule has 2 amide bonds. The van der Waals surface area contributed by atoms with Gasteiger partial charge in [0.2, 0.25) is 0 Å². The molecule has 4 heterocycles. The number of thiophene rings is 1. The van der Waals surface area contributed by atoms with Crippen LogP contribution in [0, 0.1) is 0 Å². The average Bonchev–Trinajstić information content (AvgIpc) is 3.45. The highest BCUT2D eigenvalue weighted by atomic mass is 32.1. The third-order valence-electron chi connectivity index (χ3n) is 6.16. The number of carbonyl (C=O) groups is 2. The first-order chi connectivity index (χ1) is 14.5. The number of fused-ring (bicyclic) bond motifs is 3. The molecule has 0 spiro atoms. The van der Waals surface area contributed by atoms with Crippen LogP contribution in [0.25, 0.3) is 11.4 Å². The molecular formula is C23H24N4O2S. The second-order valence-electron chi connectivity index (χ2n) is 8.22. The minimum absolute atomic E-state index is 0.0885. The zero-order chi connectivity index (χ0) is 20.8. The lowest BCUT2D eigenvalue weighted by molar-refractivity contribution is 0.0666. The Balaban J connectivity index is 1.60. The van der Waals surface area contributed by atoms with Gasteiger partial charge < -0.3 is 14.4 Å². The van der Waals surface area contributed by atoms with E-state index in [-0.39, 0.29) is 23.9 Å². The van der Waals surface area contributed by atoms with Gasteiger partial charge in [0.15, 0.2) is 0 Å². The van der Waals surface area contributed by atoms with Gasteiger partial charge in [0.1, 0.15) is 11.5 Å². The fraction of sp³-hybridized carbons (Fsp3) is 0.348. The summed E-state index contributed by atoms with van der Waals surface area (Å²) in [4.78, 5) is 34.7. The van der Waals surface area contributed by atoms with Crippen LogP contribution in [0.2, 0.25) is 0 Å². The molecule has 2 bridgehead atoms. The Morgan fingerprint density at radius 2 is 1.87 bits per heavy atom. The summed E-state index contributed by atoms with van der Waals surface area (Å²) in [6.45, 7) is 0.666. The Hall–Kier alpha value is -2.93. The van der Waals surface area contributed by atoms with Gasteiger partial charge in [0, 0.05) is 44.0 Å². The summed E-state index contributed by atoms with van der Waals surface area (Å²) in [6, 6.07) is 12.1. The van der Waals surface area contributed by atoms with Crippen LogP contribution in [0.15, 0.2) is 47.2 Å². The number of benzene rings is 1. The first-order valence-electron chi connectivity index (χ1n) is 10.3. The van der Waals surface area contributed by atoms with E-state index in [1.165, 1.54) is 0 Å². The molecule has 2 atom stereocenters. The van der Waals surface area contributed by atoms with Crippen molar-refractivity contribution in [3.63, 3.8) is 0 Å². The van der Waals surface area contributed by atoms with Crippen LogP contribution in [-0.4, -0.2) is 57.3 Å². The second-order valence-corrected chi connectivity index (χ2v) is 9.00. The standard InChI is InChI=1S/C23H24N4O2S/c1-25(2)23(29)20-19-12-17-8-9-18(27(17)22(28)16-10-11-30-14-16)13-26(19)21(24-20)15-6-4-3-5-7-15/h3-7,10-11,14,17-18H,8-9,12-13H2,1-2H3/t17-,18+/m0/s1.